The fraction of sp³-hybridized carbons (Fsp3) is 0.421. The number of aromatic nitrogens is 2. The average molecular weight is 359 g/mol. The minimum Gasteiger partial charge on any atom is -0.489 e. The summed E-state index contributed by atoms with van der Waals surface area (Å²) >= 11 is 0. The standard InChI is InChI=1S/C19H25N3O4/c1-3-5-11-15(19(24)25)20-18(23)17-16(26-12-4-2)13-22(21-17)14-9-7-6-8-10-14/h6-10,13,15H,3-5,11-12H2,1-2H3,(H,20,23)(H,24,25)/t15-/m0/s1. The topological polar surface area (TPSA) is 93.5 Å². The highest BCUT2D eigenvalue weighted by molar-refractivity contribution is 5.97. The molecule has 0 unspecified atom stereocenters. The Hall–Kier alpha value is -2.83. The molecule has 1 atom stereocenters. The highest BCUT2D eigenvalue weighted by atomic mass is 16.5. The Morgan fingerprint density at radius 2 is 1.96 bits per heavy atom. The van der Waals surface area contributed by atoms with Crippen molar-refractivity contribution in [2.24, 2.45) is 0 Å². The van der Waals surface area contributed by atoms with Gasteiger partial charge in [0.1, 0.15) is 6.04 Å². The molecule has 0 aliphatic rings. The van der Waals surface area contributed by atoms with Gasteiger partial charge in [0.2, 0.25) is 0 Å². The summed E-state index contributed by atoms with van der Waals surface area (Å²) in [6.07, 6.45) is 4.37. The van der Waals surface area contributed by atoms with Crippen LogP contribution in [0.15, 0.2) is 36.5 Å². The highest BCUT2D eigenvalue weighted by Crippen LogP contribution is 2.20. The molecule has 0 fully saturated rings. The first-order chi connectivity index (χ1) is 12.6. The molecule has 26 heavy (non-hydrogen) atoms. The van der Waals surface area contributed by atoms with Crippen LogP contribution in [0.3, 0.4) is 0 Å². The number of carboxylic acid groups (broad SMARTS) is 1. The Kier molecular flexibility index (Phi) is 7.20. The van der Waals surface area contributed by atoms with E-state index in [4.69, 9.17) is 4.74 Å². The second-order valence-corrected chi connectivity index (χ2v) is 5.98. The van der Waals surface area contributed by atoms with Gasteiger partial charge in [0, 0.05) is 0 Å². The van der Waals surface area contributed by atoms with Gasteiger partial charge in [-0.15, -0.1) is 0 Å². The van der Waals surface area contributed by atoms with Crippen molar-refractivity contribution in [2.75, 3.05) is 6.61 Å². The second-order valence-electron chi connectivity index (χ2n) is 5.98. The molecular formula is C19H25N3O4. The van der Waals surface area contributed by atoms with E-state index in [1.54, 1.807) is 10.9 Å². The van der Waals surface area contributed by atoms with Gasteiger partial charge in [0.25, 0.3) is 5.91 Å². The van der Waals surface area contributed by atoms with Gasteiger partial charge in [-0.25, -0.2) is 9.48 Å². The minimum absolute atomic E-state index is 0.0880. The molecule has 2 rings (SSSR count). The van der Waals surface area contributed by atoms with Crippen LogP contribution in [0.2, 0.25) is 0 Å². The van der Waals surface area contributed by atoms with E-state index < -0.39 is 17.9 Å². The number of ether oxygens (including phenoxy) is 1. The van der Waals surface area contributed by atoms with E-state index in [-0.39, 0.29) is 5.69 Å². The van der Waals surface area contributed by atoms with E-state index in [0.29, 0.717) is 18.8 Å². The van der Waals surface area contributed by atoms with E-state index in [1.165, 1.54) is 0 Å². The van der Waals surface area contributed by atoms with Crippen molar-refractivity contribution >= 4 is 11.9 Å². The van der Waals surface area contributed by atoms with Crippen molar-refractivity contribution in [1.29, 1.82) is 0 Å². The van der Waals surface area contributed by atoms with Crippen molar-refractivity contribution in [2.45, 2.75) is 45.6 Å². The molecule has 0 aliphatic carbocycles. The molecule has 0 saturated carbocycles. The molecule has 1 aromatic carbocycles. The number of aliphatic carboxylic acids is 1. The quantitative estimate of drug-likeness (QED) is 0.680. The summed E-state index contributed by atoms with van der Waals surface area (Å²) in [6.45, 7) is 4.38. The molecule has 140 valence electrons. The van der Waals surface area contributed by atoms with Crippen LogP contribution >= 0.6 is 0 Å². The van der Waals surface area contributed by atoms with Gasteiger partial charge in [-0.05, 0) is 25.0 Å². The van der Waals surface area contributed by atoms with Crippen LogP contribution in [0.25, 0.3) is 5.69 Å². The van der Waals surface area contributed by atoms with Crippen molar-refractivity contribution in [3.63, 3.8) is 0 Å². The van der Waals surface area contributed by atoms with Crippen LogP contribution in [0, 0.1) is 0 Å². The summed E-state index contributed by atoms with van der Waals surface area (Å²) in [5.41, 5.74) is 0.874. The normalized spacial score (nSPS) is 11.8. The Labute approximate surface area is 153 Å². The van der Waals surface area contributed by atoms with Gasteiger partial charge in [-0.3, -0.25) is 4.79 Å². The Morgan fingerprint density at radius 3 is 2.58 bits per heavy atom. The fourth-order valence-electron chi connectivity index (χ4n) is 2.44. The zero-order chi connectivity index (χ0) is 18.9. The number of para-hydroxylation sites is 1. The van der Waals surface area contributed by atoms with E-state index in [2.05, 4.69) is 10.4 Å². The molecule has 1 aromatic heterocycles. The number of unbranched alkanes of at least 4 members (excludes halogenated alkanes) is 1. The summed E-state index contributed by atoms with van der Waals surface area (Å²) < 4.78 is 7.20. The lowest BCUT2D eigenvalue weighted by molar-refractivity contribution is -0.139. The van der Waals surface area contributed by atoms with Gasteiger partial charge in [0.15, 0.2) is 11.4 Å². The first-order valence-corrected chi connectivity index (χ1v) is 8.88. The van der Waals surface area contributed by atoms with E-state index in [0.717, 1.165) is 24.9 Å². The Morgan fingerprint density at radius 1 is 1.23 bits per heavy atom. The first kappa shape index (κ1) is 19.5. The smallest absolute Gasteiger partial charge is 0.326 e. The van der Waals surface area contributed by atoms with Crippen LogP contribution in [0.1, 0.15) is 50.0 Å². The van der Waals surface area contributed by atoms with Crippen LogP contribution in [0.4, 0.5) is 0 Å². The lowest BCUT2D eigenvalue weighted by atomic mass is 10.1. The monoisotopic (exact) mass is 359 g/mol. The number of hydrogen-bond acceptors (Lipinski definition) is 4. The number of carbonyl (C=O) groups is 2. The molecule has 0 bridgehead atoms. The first-order valence-electron chi connectivity index (χ1n) is 8.88. The Balaban J connectivity index is 2.25. The molecule has 0 radical (unpaired) electrons. The third-order valence-electron chi connectivity index (χ3n) is 3.83. The summed E-state index contributed by atoms with van der Waals surface area (Å²) in [6, 6.07) is 8.41. The number of carboxylic acids is 1. The molecule has 1 heterocycles. The predicted molar refractivity (Wildman–Crippen MR) is 97.8 cm³/mol. The van der Waals surface area contributed by atoms with Crippen LogP contribution in [0.5, 0.6) is 5.75 Å². The number of nitrogens with one attached hydrogen (secondary N) is 1. The van der Waals surface area contributed by atoms with Crippen molar-refractivity contribution < 1.29 is 19.4 Å². The van der Waals surface area contributed by atoms with Gasteiger partial charge in [0.05, 0.1) is 18.5 Å². The molecule has 7 heteroatoms. The molecular weight excluding hydrogens is 334 g/mol. The highest BCUT2D eigenvalue weighted by Gasteiger charge is 2.25. The maximum atomic E-state index is 12.6. The number of benzene rings is 1. The van der Waals surface area contributed by atoms with Crippen molar-refractivity contribution in [3.05, 3.63) is 42.2 Å². The summed E-state index contributed by atoms with van der Waals surface area (Å²) in [7, 11) is 0. The zero-order valence-electron chi connectivity index (χ0n) is 15.1. The van der Waals surface area contributed by atoms with Crippen LogP contribution < -0.4 is 10.1 Å². The largest absolute Gasteiger partial charge is 0.489 e. The number of carbonyl (C=O) groups excluding carboxylic acids is 1. The number of amides is 1. The van der Waals surface area contributed by atoms with E-state index in [9.17, 15) is 14.7 Å². The molecule has 2 N–H and O–H groups in total. The molecule has 2 aromatic rings. The number of nitrogens with zero attached hydrogens (tertiary/aromatic N) is 2. The van der Waals surface area contributed by atoms with Gasteiger partial charge in [-0.1, -0.05) is 44.9 Å². The van der Waals surface area contributed by atoms with E-state index in [1.807, 2.05) is 44.2 Å². The molecule has 1 amide bonds. The van der Waals surface area contributed by atoms with E-state index >= 15 is 0 Å². The molecule has 7 nitrogen and oxygen atoms in total. The molecule has 0 saturated heterocycles. The molecule has 0 spiro atoms. The van der Waals surface area contributed by atoms with Crippen molar-refractivity contribution in [3.8, 4) is 11.4 Å². The van der Waals surface area contributed by atoms with Crippen molar-refractivity contribution in [1.82, 2.24) is 15.1 Å². The minimum atomic E-state index is -1.05. The van der Waals surface area contributed by atoms with Crippen LogP contribution in [-0.4, -0.2) is 39.4 Å². The maximum Gasteiger partial charge on any atom is 0.326 e. The lowest BCUT2D eigenvalue weighted by Crippen LogP contribution is -2.41. The summed E-state index contributed by atoms with van der Waals surface area (Å²) in [5, 5.41) is 16.2. The summed E-state index contributed by atoms with van der Waals surface area (Å²) in [4.78, 5) is 24.0. The predicted octanol–water partition coefficient (Wildman–Crippen LogP) is 3.03. The van der Waals surface area contributed by atoms with Gasteiger partial charge >= 0.3 is 5.97 Å². The average Bonchev–Trinajstić information content (AvgIpc) is 3.08. The fourth-order valence-corrected chi connectivity index (χ4v) is 2.44. The third-order valence-corrected chi connectivity index (χ3v) is 3.83. The SMILES string of the molecule is CCCC[C@H](NC(=O)c1nn(-c2ccccc2)cc1OCCC)C(=O)O. The second kappa shape index (κ2) is 9.60. The zero-order valence-corrected chi connectivity index (χ0v) is 15.1. The number of rotatable bonds is 10. The van der Waals surface area contributed by atoms with Gasteiger partial charge in [-0.2, -0.15) is 5.10 Å². The lowest BCUT2D eigenvalue weighted by Gasteiger charge is -2.13. The van der Waals surface area contributed by atoms with Crippen LogP contribution in [-0.2, 0) is 4.79 Å². The number of hydrogen-bond donors (Lipinski definition) is 2. The maximum absolute atomic E-state index is 12.6. The molecule has 0 aliphatic heterocycles. The van der Waals surface area contributed by atoms with Gasteiger partial charge < -0.3 is 15.2 Å². The Bertz CT molecular complexity index is 728. The summed E-state index contributed by atoms with van der Waals surface area (Å²) in [5.74, 6) is -1.26. The third kappa shape index (κ3) is 5.08.